The molecule has 3 rings (SSSR count). The summed E-state index contributed by atoms with van der Waals surface area (Å²) in [6, 6.07) is 14.7. The number of nitrogens with one attached hydrogen (secondary N) is 2. The Morgan fingerprint density at radius 1 is 1.15 bits per heavy atom. The van der Waals surface area contributed by atoms with Crippen LogP contribution in [0.1, 0.15) is 42.5 Å². The third-order valence-electron chi connectivity index (χ3n) is 3.90. The van der Waals surface area contributed by atoms with Crippen LogP contribution in [0.4, 0.5) is 5.69 Å². The number of benzene rings is 2. The summed E-state index contributed by atoms with van der Waals surface area (Å²) in [5, 5.41) is 3.08. The minimum Gasteiger partial charge on any atom is -0.399 e. The summed E-state index contributed by atoms with van der Waals surface area (Å²) >= 11 is 0. The van der Waals surface area contributed by atoms with Gasteiger partial charge >= 0.3 is 0 Å². The van der Waals surface area contributed by atoms with Crippen molar-refractivity contribution in [2.75, 3.05) is 5.73 Å². The second-order valence-corrected chi connectivity index (χ2v) is 6.42. The van der Waals surface area contributed by atoms with Gasteiger partial charge in [-0.15, -0.1) is 24.8 Å². The van der Waals surface area contributed by atoms with Crippen molar-refractivity contribution in [2.45, 2.75) is 26.3 Å². The third-order valence-corrected chi connectivity index (χ3v) is 3.90. The van der Waals surface area contributed by atoms with Gasteiger partial charge in [0.15, 0.2) is 0 Å². The van der Waals surface area contributed by atoms with Crippen LogP contribution in [0.5, 0.6) is 0 Å². The number of carbonyl (C=O) groups excluding carboxylic acids is 1. The molecule has 140 valence electrons. The smallest absolute Gasteiger partial charge is 0.251 e. The minimum absolute atomic E-state index is 0. The number of aromatic amines is 1. The molecule has 0 fully saturated rings. The highest BCUT2D eigenvalue weighted by atomic mass is 35.5. The number of H-pyrrole nitrogens is 1. The number of nitrogens with two attached hydrogens (primary N) is 1. The Labute approximate surface area is 165 Å². The van der Waals surface area contributed by atoms with Crippen molar-refractivity contribution in [1.29, 1.82) is 0 Å². The van der Waals surface area contributed by atoms with Gasteiger partial charge in [-0.2, -0.15) is 0 Å². The summed E-state index contributed by atoms with van der Waals surface area (Å²) in [7, 11) is 0. The molecule has 0 saturated carbocycles. The molecule has 1 atom stereocenters. The van der Waals surface area contributed by atoms with Gasteiger partial charge < -0.3 is 16.0 Å². The zero-order valence-corrected chi connectivity index (χ0v) is 16.4. The number of rotatable bonds is 5. The van der Waals surface area contributed by atoms with Crippen LogP contribution in [0.3, 0.4) is 0 Å². The summed E-state index contributed by atoms with van der Waals surface area (Å²) in [5.41, 5.74) is 8.78. The summed E-state index contributed by atoms with van der Waals surface area (Å²) in [5.74, 6) is 1.06. The van der Waals surface area contributed by atoms with E-state index >= 15 is 0 Å². The normalized spacial score (nSPS) is 11.5. The highest BCUT2D eigenvalue weighted by molar-refractivity contribution is 5.95. The monoisotopic (exact) mass is 394 g/mol. The molecule has 1 aromatic heterocycles. The predicted octanol–water partition coefficient (Wildman–Crippen LogP) is 4.51. The fourth-order valence-corrected chi connectivity index (χ4v) is 2.77. The van der Waals surface area contributed by atoms with Gasteiger partial charge in [0, 0.05) is 11.3 Å². The van der Waals surface area contributed by atoms with Crippen LogP contribution in [0.25, 0.3) is 11.0 Å². The maximum atomic E-state index is 12.6. The third kappa shape index (κ3) is 5.13. The largest absolute Gasteiger partial charge is 0.399 e. The number of imidazole rings is 1. The number of carbonyl (C=O) groups is 1. The molecule has 26 heavy (non-hydrogen) atoms. The molecule has 0 aliphatic heterocycles. The molecule has 0 spiro atoms. The number of hydrogen-bond donors (Lipinski definition) is 3. The van der Waals surface area contributed by atoms with Crippen molar-refractivity contribution in [1.82, 2.24) is 15.3 Å². The molecule has 4 N–H and O–H groups in total. The molecule has 7 heteroatoms. The lowest BCUT2D eigenvalue weighted by molar-refractivity contribution is 0.0930. The SMILES string of the molecule is CC(C)CC(NC(=O)c1cccc(N)c1)c1nc2ccccc2[nH]1.Cl.Cl. The predicted molar refractivity (Wildman–Crippen MR) is 111 cm³/mol. The molecule has 2 aromatic carbocycles. The van der Waals surface area contributed by atoms with Gasteiger partial charge in [-0.05, 0) is 42.7 Å². The topological polar surface area (TPSA) is 83.8 Å². The van der Waals surface area contributed by atoms with Crippen LogP contribution in [-0.2, 0) is 0 Å². The molecule has 0 radical (unpaired) electrons. The van der Waals surface area contributed by atoms with Crippen molar-refractivity contribution in [3.8, 4) is 0 Å². The van der Waals surface area contributed by atoms with E-state index in [1.54, 1.807) is 24.3 Å². The van der Waals surface area contributed by atoms with Gasteiger partial charge in [-0.1, -0.05) is 32.0 Å². The molecule has 3 aromatic rings. The first-order chi connectivity index (χ1) is 11.5. The second-order valence-electron chi connectivity index (χ2n) is 6.42. The number of aromatic nitrogens is 2. The number of hydrogen-bond acceptors (Lipinski definition) is 3. The van der Waals surface area contributed by atoms with Crippen LogP contribution in [0.2, 0.25) is 0 Å². The molecule has 1 heterocycles. The van der Waals surface area contributed by atoms with Crippen molar-refractivity contribution < 1.29 is 4.79 Å². The van der Waals surface area contributed by atoms with E-state index in [1.807, 2.05) is 24.3 Å². The maximum Gasteiger partial charge on any atom is 0.251 e. The van der Waals surface area contributed by atoms with Crippen LogP contribution < -0.4 is 11.1 Å². The zero-order valence-electron chi connectivity index (χ0n) is 14.7. The average molecular weight is 395 g/mol. The van der Waals surface area contributed by atoms with E-state index in [9.17, 15) is 4.79 Å². The lowest BCUT2D eigenvalue weighted by atomic mass is 10.0. The van der Waals surface area contributed by atoms with Gasteiger partial charge in [-0.25, -0.2) is 4.98 Å². The molecule has 1 amide bonds. The Hall–Kier alpha value is -2.24. The molecular weight excluding hydrogens is 371 g/mol. The van der Waals surface area contributed by atoms with Gasteiger partial charge in [0.1, 0.15) is 5.82 Å². The Morgan fingerprint density at radius 3 is 2.54 bits per heavy atom. The summed E-state index contributed by atoms with van der Waals surface area (Å²) in [4.78, 5) is 20.5. The number of para-hydroxylation sites is 2. The van der Waals surface area contributed by atoms with Crippen molar-refractivity contribution in [3.05, 3.63) is 59.9 Å². The van der Waals surface area contributed by atoms with Crippen molar-refractivity contribution in [2.24, 2.45) is 5.92 Å². The average Bonchev–Trinajstić information content (AvgIpc) is 2.97. The molecule has 5 nitrogen and oxygen atoms in total. The zero-order chi connectivity index (χ0) is 17.1. The highest BCUT2D eigenvalue weighted by Crippen LogP contribution is 2.22. The van der Waals surface area contributed by atoms with Crippen LogP contribution in [0, 0.1) is 5.92 Å². The van der Waals surface area contributed by atoms with Gasteiger partial charge in [0.25, 0.3) is 5.91 Å². The highest BCUT2D eigenvalue weighted by Gasteiger charge is 2.20. The van der Waals surface area contributed by atoms with E-state index in [1.165, 1.54) is 0 Å². The summed E-state index contributed by atoms with van der Waals surface area (Å²) in [6.45, 7) is 4.25. The number of amides is 1. The quantitative estimate of drug-likeness (QED) is 0.556. The van der Waals surface area contributed by atoms with E-state index in [2.05, 4.69) is 29.1 Å². The number of halogens is 2. The van der Waals surface area contributed by atoms with Crippen molar-refractivity contribution in [3.63, 3.8) is 0 Å². The minimum atomic E-state index is -0.175. The molecular formula is C19H24Cl2N4O. The van der Waals surface area contributed by atoms with Gasteiger partial charge in [0.05, 0.1) is 17.1 Å². The first-order valence-corrected chi connectivity index (χ1v) is 8.14. The van der Waals surface area contributed by atoms with Gasteiger partial charge in [0.2, 0.25) is 0 Å². The Bertz CT molecular complexity index is 830. The maximum absolute atomic E-state index is 12.6. The van der Waals surface area contributed by atoms with E-state index in [0.29, 0.717) is 17.2 Å². The summed E-state index contributed by atoms with van der Waals surface area (Å²) in [6.07, 6.45) is 0.799. The van der Waals surface area contributed by atoms with Crippen LogP contribution >= 0.6 is 24.8 Å². The first-order valence-electron chi connectivity index (χ1n) is 8.14. The molecule has 0 aliphatic carbocycles. The lowest BCUT2D eigenvalue weighted by Gasteiger charge is -2.19. The standard InChI is InChI=1S/C19H22N4O.2ClH/c1-12(2)10-17(18-21-15-8-3-4-9-16(15)22-18)23-19(24)13-6-5-7-14(20)11-13;;/h3-9,11-12,17H,10,20H2,1-2H3,(H,21,22)(H,23,24);2*1H. The lowest BCUT2D eigenvalue weighted by Crippen LogP contribution is -2.30. The Kier molecular flexibility index (Phi) is 7.93. The fourth-order valence-electron chi connectivity index (χ4n) is 2.77. The molecule has 0 aliphatic rings. The number of nitrogen functional groups attached to an aromatic ring is 1. The molecule has 0 bridgehead atoms. The van der Waals surface area contributed by atoms with Crippen LogP contribution in [-0.4, -0.2) is 15.9 Å². The van der Waals surface area contributed by atoms with Crippen LogP contribution in [0.15, 0.2) is 48.5 Å². The van der Waals surface area contributed by atoms with E-state index in [0.717, 1.165) is 23.3 Å². The summed E-state index contributed by atoms with van der Waals surface area (Å²) < 4.78 is 0. The van der Waals surface area contributed by atoms with E-state index in [4.69, 9.17) is 5.73 Å². The number of fused-ring (bicyclic) bond motifs is 1. The second kappa shape index (κ2) is 9.46. The first kappa shape index (κ1) is 21.8. The Morgan fingerprint density at radius 2 is 1.88 bits per heavy atom. The van der Waals surface area contributed by atoms with Crippen molar-refractivity contribution >= 4 is 47.4 Å². The Balaban J connectivity index is 0.00000169. The fraction of sp³-hybridized carbons (Fsp3) is 0.263. The van der Waals surface area contributed by atoms with Gasteiger partial charge in [-0.3, -0.25) is 4.79 Å². The van der Waals surface area contributed by atoms with E-state index in [-0.39, 0.29) is 36.8 Å². The molecule has 1 unspecified atom stereocenters. The number of anilines is 1. The van der Waals surface area contributed by atoms with E-state index < -0.39 is 0 Å². The number of nitrogens with zero attached hydrogens (tertiary/aromatic N) is 1. The molecule has 0 saturated heterocycles.